The lowest BCUT2D eigenvalue weighted by Gasteiger charge is -2.10. The summed E-state index contributed by atoms with van der Waals surface area (Å²) >= 11 is 0. The van der Waals surface area contributed by atoms with Gasteiger partial charge in [-0.1, -0.05) is 5.16 Å². The molecule has 1 unspecified atom stereocenters. The van der Waals surface area contributed by atoms with Crippen LogP contribution >= 0.6 is 0 Å². The van der Waals surface area contributed by atoms with Crippen molar-refractivity contribution in [3.63, 3.8) is 0 Å². The van der Waals surface area contributed by atoms with E-state index in [9.17, 15) is 4.39 Å². The van der Waals surface area contributed by atoms with Gasteiger partial charge in [0.2, 0.25) is 0 Å². The number of aromatic nitrogens is 2. The number of aryl methyl sites for hydroxylation is 1. The van der Waals surface area contributed by atoms with E-state index in [0.29, 0.717) is 29.4 Å². The maximum Gasteiger partial charge on any atom is 0.257 e. The van der Waals surface area contributed by atoms with E-state index in [-0.39, 0.29) is 11.9 Å². The molecule has 0 amide bonds. The van der Waals surface area contributed by atoms with Crippen LogP contribution in [0.4, 0.5) is 4.39 Å². The van der Waals surface area contributed by atoms with Crippen molar-refractivity contribution in [2.75, 3.05) is 6.61 Å². The zero-order valence-corrected chi connectivity index (χ0v) is 11.8. The standard InChI is InChI=1S/C14H18FN3O2/c1-8(2)19-7-12(16)13-17-14(20-18-13)10-4-5-11(15)9(3)6-10/h4-6,8,12H,7,16H2,1-3H3. The smallest absolute Gasteiger partial charge is 0.257 e. The summed E-state index contributed by atoms with van der Waals surface area (Å²) in [4.78, 5) is 4.22. The summed E-state index contributed by atoms with van der Waals surface area (Å²) in [6.45, 7) is 5.85. The predicted molar refractivity (Wildman–Crippen MR) is 72.4 cm³/mol. The predicted octanol–water partition coefficient (Wildman–Crippen LogP) is 2.61. The van der Waals surface area contributed by atoms with E-state index in [0.717, 1.165) is 0 Å². The first-order valence-electron chi connectivity index (χ1n) is 6.44. The van der Waals surface area contributed by atoms with Crippen LogP contribution in [0.1, 0.15) is 31.3 Å². The van der Waals surface area contributed by atoms with E-state index in [1.54, 1.807) is 19.1 Å². The fourth-order valence-corrected chi connectivity index (χ4v) is 1.65. The summed E-state index contributed by atoms with van der Waals surface area (Å²) in [5.41, 5.74) is 7.11. The van der Waals surface area contributed by atoms with Gasteiger partial charge >= 0.3 is 0 Å². The maximum absolute atomic E-state index is 13.2. The monoisotopic (exact) mass is 279 g/mol. The Morgan fingerprint density at radius 2 is 2.15 bits per heavy atom. The van der Waals surface area contributed by atoms with Crippen molar-refractivity contribution in [1.82, 2.24) is 10.1 Å². The minimum absolute atomic E-state index is 0.0900. The van der Waals surface area contributed by atoms with Gasteiger partial charge in [-0.15, -0.1) is 0 Å². The molecule has 0 saturated heterocycles. The van der Waals surface area contributed by atoms with Crippen molar-refractivity contribution >= 4 is 0 Å². The Kier molecular flexibility index (Phi) is 4.46. The third-order valence-electron chi connectivity index (χ3n) is 2.79. The summed E-state index contributed by atoms with van der Waals surface area (Å²) in [6, 6.07) is 4.17. The Morgan fingerprint density at radius 3 is 2.80 bits per heavy atom. The van der Waals surface area contributed by atoms with E-state index < -0.39 is 6.04 Å². The van der Waals surface area contributed by atoms with E-state index in [1.807, 2.05) is 13.8 Å². The van der Waals surface area contributed by atoms with Crippen molar-refractivity contribution in [2.45, 2.75) is 32.9 Å². The quantitative estimate of drug-likeness (QED) is 0.910. The third kappa shape index (κ3) is 3.40. The Labute approximate surface area is 116 Å². The minimum Gasteiger partial charge on any atom is -0.377 e. The first-order valence-corrected chi connectivity index (χ1v) is 6.44. The zero-order valence-electron chi connectivity index (χ0n) is 11.8. The molecule has 0 aliphatic heterocycles. The zero-order chi connectivity index (χ0) is 14.7. The van der Waals surface area contributed by atoms with Crippen LogP contribution in [-0.4, -0.2) is 22.9 Å². The third-order valence-corrected chi connectivity index (χ3v) is 2.79. The molecule has 0 aliphatic rings. The highest BCUT2D eigenvalue weighted by molar-refractivity contribution is 5.54. The van der Waals surface area contributed by atoms with Crippen molar-refractivity contribution in [1.29, 1.82) is 0 Å². The lowest BCUT2D eigenvalue weighted by atomic mass is 10.1. The highest BCUT2D eigenvalue weighted by Gasteiger charge is 2.16. The first-order chi connectivity index (χ1) is 9.47. The summed E-state index contributed by atoms with van der Waals surface area (Å²) in [5.74, 6) is 0.432. The molecule has 2 N–H and O–H groups in total. The van der Waals surface area contributed by atoms with E-state index >= 15 is 0 Å². The van der Waals surface area contributed by atoms with E-state index in [1.165, 1.54) is 6.07 Å². The molecule has 0 bridgehead atoms. The van der Waals surface area contributed by atoms with Gasteiger partial charge in [-0.2, -0.15) is 4.98 Å². The SMILES string of the molecule is Cc1cc(-c2nc(C(N)COC(C)C)no2)ccc1F. The van der Waals surface area contributed by atoms with Crippen LogP contribution in [0.5, 0.6) is 0 Å². The molecule has 20 heavy (non-hydrogen) atoms. The molecule has 0 spiro atoms. The molecular formula is C14H18FN3O2. The highest BCUT2D eigenvalue weighted by Crippen LogP contribution is 2.21. The average Bonchev–Trinajstić information content (AvgIpc) is 2.89. The van der Waals surface area contributed by atoms with Gasteiger partial charge in [-0.05, 0) is 44.5 Å². The highest BCUT2D eigenvalue weighted by atomic mass is 19.1. The van der Waals surface area contributed by atoms with Crippen molar-refractivity contribution < 1.29 is 13.7 Å². The molecular weight excluding hydrogens is 261 g/mol. The fraction of sp³-hybridized carbons (Fsp3) is 0.429. The van der Waals surface area contributed by atoms with Crippen molar-refractivity contribution in [3.8, 4) is 11.5 Å². The van der Waals surface area contributed by atoms with Gasteiger partial charge in [-0.3, -0.25) is 0 Å². The van der Waals surface area contributed by atoms with E-state index in [2.05, 4.69) is 10.1 Å². The van der Waals surface area contributed by atoms with Gasteiger partial charge < -0.3 is 15.0 Å². The number of halogens is 1. The molecule has 1 atom stereocenters. The number of rotatable bonds is 5. The van der Waals surface area contributed by atoms with Gasteiger partial charge in [0.15, 0.2) is 5.82 Å². The molecule has 5 nitrogen and oxygen atoms in total. The molecule has 0 fully saturated rings. The largest absolute Gasteiger partial charge is 0.377 e. The van der Waals surface area contributed by atoms with Crippen LogP contribution in [0, 0.1) is 12.7 Å². The molecule has 0 aliphatic carbocycles. The molecule has 0 radical (unpaired) electrons. The summed E-state index contributed by atoms with van der Waals surface area (Å²) in [7, 11) is 0. The van der Waals surface area contributed by atoms with Gasteiger partial charge in [0.05, 0.1) is 18.8 Å². The Bertz CT molecular complexity index is 584. The number of hydrogen-bond acceptors (Lipinski definition) is 5. The topological polar surface area (TPSA) is 74.2 Å². The van der Waals surface area contributed by atoms with Gasteiger partial charge in [0.1, 0.15) is 5.82 Å². The van der Waals surface area contributed by atoms with Crippen molar-refractivity contribution in [3.05, 3.63) is 35.4 Å². The van der Waals surface area contributed by atoms with Gasteiger partial charge in [-0.25, -0.2) is 4.39 Å². The van der Waals surface area contributed by atoms with Gasteiger partial charge in [0.25, 0.3) is 5.89 Å². The van der Waals surface area contributed by atoms with Crippen molar-refractivity contribution in [2.24, 2.45) is 5.73 Å². The fourth-order valence-electron chi connectivity index (χ4n) is 1.65. The summed E-state index contributed by atoms with van der Waals surface area (Å²) in [6.07, 6.45) is 0.0900. The second-order valence-corrected chi connectivity index (χ2v) is 4.91. The van der Waals surface area contributed by atoms with Crippen LogP contribution in [0.15, 0.2) is 22.7 Å². The molecule has 0 saturated carbocycles. The molecule has 1 aromatic carbocycles. The number of nitrogens with two attached hydrogens (primary N) is 1. The Balaban J connectivity index is 2.13. The van der Waals surface area contributed by atoms with Crippen LogP contribution in [0.2, 0.25) is 0 Å². The lowest BCUT2D eigenvalue weighted by molar-refractivity contribution is 0.0665. The molecule has 108 valence electrons. The number of hydrogen-bond donors (Lipinski definition) is 1. The average molecular weight is 279 g/mol. The number of nitrogens with zero attached hydrogens (tertiary/aromatic N) is 2. The van der Waals surface area contributed by atoms with Crippen LogP contribution in [-0.2, 0) is 4.74 Å². The maximum atomic E-state index is 13.2. The number of benzene rings is 1. The molecule has 1 aromatic heterocycles. The summed E-state index contributed by atoms with van der Waals surface area (Å²) in [5, 5.41) is 3.84. The second kappa shape index (κ2) is 6.11. The normalized spacial score (nSPS) is 12.9. The molecule has 6 heteroatoms. The second-order valence-electron chi connectivity index (χ2n) is 4.91. The minimum atomic E-state index is -0.448. The number of ether oxygens (including phenoxy) is 1. The summed E-state index contributed by atoms with van der Waals surface area (Å²) < 4.78 is 23.8. The molecule has 1 heterocycles. The first kappa shape index (κ1) is 14.6. The Morgan fingerprint density at radius 1 is 1.40 bits per heavy atom. The lowest BCUT2D eigenvalue weighted by Crippen LogP contribution is -2.20. The molecule has 2 rings (SSSR count). The van der Waals surface area contributed by atoms with Crippen LogP contribution < -0.4 is 5.73 Å². The Hall–Kier alpha value is -1.79. The van der Waals surface area contributed by atoms with Crippen LogP contribution in [0.3, 0.4) is 0 Å². The van der Waals surface area contributed by atoms with E-state index in [4.69, 9.17) is 15.0 Å². The molecule has 2 aromatic rings. The van der Waals surface area contributed by atoms with Crippen LogP contribution in [0.25, 0.3) is 11.5 Å². The van der Waals surface area contributed by atoms with Gasteiger partial charge in [0, 0.05) is 5.56 Å².